The number of hydrazine groups is 1. The molecule has 2 atom stereocenters. The first kappa shape index (κ1) is 13.7. The lowest BCUT2D eigenvalue weighted by Crippen LogP contribution is -2.55. The van der Waals surface area contributed by atoms with Crippen molar-refractivity contribution in [2.24, 2.45) is 11.8 Å². The zero-order chi connectivity index (χ0) is 12.1. The first-order valence-electron chi connectivity index (χ1n) is 7.05. The Bertz CT molecular complexity index is 219. The van der Waals surface area contributed by atoms with Gasteiger partial charge in [-0.1, -0.05) is 32.1 Å². The summed E-state index contributed by atoms with van der Waals surface area (Å²) in [5.74, 6) is 9.21. The summed E-state index contributed by atoms with van der Waals surface area (Å²) in [5, 5.41) is 0. The van der Waals surface area contributed by atoms with E-state index in [1.54, 1.807) is 0 Å². The molecule has 4 heteroatoms. The normalized spacial score (nSPS) is 30.4. The van der Waals surface area contributed by atoms with Gasteiger partial charge >= 0.3 is 0 Å². The minimum absolute atomic E-state index is 0.482. The molecule has 0 aromatic rings. The first-order valence-corrected chi connectivity index (χ1v) is 8.21. The smallest absolute Gasteiger partial charge is 0.0376 e. The zero-order valence-corrected chi connectivity index (χ0v) is 11.8. The van der Waals surface area contributed by atoms with Gasteiger partial charge in [0, 0.05) is 30.1 Å². The van der Waals surface area contributed by atoms with Crippen LogP contribution < -0.4 is 11.3 Å². The van der Waals surface area contributed by atoms with Gasteiger partial charge in [0.25, 0.3) is 0 Å². The van der Waals surface area contributed by atoms with Crippen molar-refractivity contribution in [2.75, 3.05) is 25.1 Å². The summed E-state index contributed by atoms with van der Waals surface area (Å²) in [6, 6.07) is 1.11. The summed E-state index contributed by atoms with van der Waals surface area (Å²) >= 11 is 2.08. The van der Waals surface area contributed by atoms with E-state index < -0.39 is 0 Å². The van der Waals surface area contributed by atoms with Gasteiger partial charge in [-0.2, -0.15) is 11.8 Å². The number of nitrogens with zero attached hydrogens (tertiary/aromatic N) is 1. The molecule has 1 aliphatic carbocycles. The molecule has 2 aliphatic rings. The van der Waals surface area contributed by atoms with Crippen molar-refractivity contribution < 1.29 is 0 Å². The Hall–Kier alpha value is 0.230. The fourth-order valence-electron chi connectivity index (χ4n) is 3.25. The van der Waals surface area contributed by atoms with Crippen LogP contribution in [0.5, 0.6) is 0 Å². The van der Waals surface area contributed by atoms with Gasteiger partial charge in [0.2, 0.25) is 0 Å². The molecule has 17 heavy (non-hydrogen) atoms. The summed E-state index contributed by atoms with van der Waals surface area (Å²) in [4.78, 5) is 2.49. The second-order valence-corrected chi connectivity index (χ2v) is 6.79. The number of nitrogens with two attached hydrogens (primary N) is 1. The number of rotatable bonds is 4. The molecule has 1 aliphatic heterocycles. The third-order valence-electron chi connectivity index (χ3n) is 4.43. The van der Waals surface area contributed by atoms with Gasteiger partial charge in [-0.25, -0.2) is 0 Å². The van der Waals surface area contributed by atoms with E-state index in [2.05, 4.69) is 29.1 Å². The average Bonchev–Trinajstić information content (AvgIpc) is 2.38. The lowest BCUT2D eigenvalue weighted by Gasteiger charge is -2.39. The maximum absolute atomic E-state index is 5.80. The van der Waals surface area contributed by atoms with E-state index in [-0.39, 0.29) is 0 Å². The van der Waals surface area contributed by atoms with E-state index in [0.717, 1.165) is 5.92 Å². The van der Waals surface area contributed by atoms with Gasteiger partial charge < -0.3 is 4.90 Å². The highest BCUT2D eigenvalue weighted by atomic mass is 32.2. The predicted molar refractivity (Wildman–Crippen MR) is 76.0 cm³/mol. The monoisotopic (exact) mass is 257 g/mol. The molecule has 1 saturated carbocycles. The highest BCUT2D eigenvalue weighted by Gasteiger charge is 2.29. The Morgan fingerprint density at radius 3 is 2.76 bits per heavy atom. The minimum atomic E-state index is 0.482. The molecule has 0 amide bonds. The summed E-state index contributed by atoms with van der Waals surface area (Å²) in [5.41, 5.74) is 3.09. The molecule has 2 unspecified atom stereocenters. The van der Waals surface area contributed by atoms with Gasteiger partial charge in [-0.3, -0.25) is 11.3 Å². The van der Waals surface area contributed by atoms with Crippen molar-refractivity contribution >= 4 is 11.8 Å². The fourth-order valence-corrected chi connectivity index (χ4v) is 4.56. The van der Waals surface area contributed by atoms with Gasteiger partial charge in [0.05, 0.1) is 0 Å². The van der Waals surface area contributed by atoms with Crippen LogP contribution in [-0.4, -0.2) is 42.1 Å². The molecular formula is C13H27N3S. The van der Waals surface area contributed by atoms with Crippen LogP contribution in [0.15, 0.2) is 0 Å². The largest absolute Gasteiger partial charge is 0.300 e. The molecule has 3 nitrogen and oxygen atoms in total. The van der Waals surface area contributed by atoms with Crippen molar-refractivity contribution in [3.8, 4) is 0 Å². The molecular weight excluding hydrogens is 230 g/mol. The molecule has 1 saturated heterocycles. The molecule has 2 fully saturated rings. The first-order chi connectivity index (χ1) is 8.31. The highest BCUT2D eigenvalue weighted by Crippen LogP contribution is 2.29. The van der Waals surface area contributed by atoms with Crippen LogP contribution >= 0.6 is 11.8 Å². The van der Waals surface area contributed by atoms with Crippen LogP contribution in [-0.2, 0) is 0 Å². The fraction of sp³-hybridized carbons (Fsp3) is 1.00. The van der Waals surface area contributed by atoms with Crippen LogP contribution in [0.25, 0.3) is 0 Å². The summed E-state index contributed by atoms with van der Waals surface area (Å²) in [7, 11) is 2.25. The maximum atomic E-state index is 5.80. The highest BCUT2D eigenvalue weighted by molar-refractivity contribution is 7.99. The van der Waals surface area contributed by atoms with Gasteiger partial charge in [-0.05, 0) is 19.4 Å². The number of thioether (sulfide) groups is 1. The molecule has 0 aromatic heterocycles. The van der Waals surface area contributed by atoms with E-state index >= 15 is 0 Å². The molecule has 0 aromatic carbocycles. The van der Waals surface area contributed by atoms with Crippen molar-refractivity contribution in [3.05, 3.63) is 0 Å². The average molecular weight is 257 g/mol. The number of likely N-dealkylation sites (N-methyl/N-ethyl adjacent to an activating group) is 1. The van der Waals surface area contributed by atoms with E-state index in [1.807, 2.05) is 0 Å². The van der Waals surface area contributed by atoms with Crippen molar-refractivity contribution in [2.45, 2.75) is 50.6 Å². The van der Waals surface area contributed by atoms with Crippen LogP contribution in [0.2, 0.25) is 0 Å². The lowest BCUT2D eigenvalue weighted by molar-refractivity contribution is 0.182. The standard InChI is InChI=1S/C13H27N3S/c1-16-7-8-17-10-13(16)12(15-14)9-11-5-3-2-4-6-11/h11-13,15H,2-10,14H2,1H3. The minimum Gasteiger partial charge on any atom is -0.300 e. The van der Waals surface area contributed by atoms with Crippen LogP contribution in [0.4, 0.5) is 0 Å². The Morgan fingerprint density at radius 2 is 2.12 bits per heavy atom. The molecule has 0 bridgehead atoms. The Balaban J connectivity index is 1.85. The maximum Gasteiger partial charge on any atom is 0.0376 e. The predicted octanol–water partition coefficient (Wildman–Crippen LogP) is 1.84. The number of hydrogen-bond acceptors (Lipinski definition) is 4. The Labute approximate surface area is 110 Å². The second kappa shape index (κ2) is 6.98. The van der Waals surface area contributed by atoms with Gasteiger partial charge in [-0.15, -0.1) is 0 Å². The third kappa shape index (κ3) is 3.85. The van der Waals surface area contributed by atoms with Crippen molar-refractivity contribution in [1.29, 1.82) is 0 Å². The third-order valence-corrected chi connectivity index (χ3v) is 5.48. The van der Waals surface area contributed by atoms with E-state index in [0.29, 0.717) is 12.1 Å². The van der Waals surface area contributed by atoms with E-state index in [4.69, 9.17) is 5.84 Å². The van der Waals surface area contributed by atoms with Crippen molar-refractivity contribution in [3.63, 3.8) is 0 Å². The van der Waals surface area contributed by atoms with Crippen LogP contribution in [0.1, 0.15) is 38.5 Å². The topological polar surface area (TPSA) is 41.3 Å². The summed E-state index contributed by atoms with van der Waals surface area (Å²) in [6.07, 6.45) is 8.40. The van der Waals surface area contributed by atoms with Crippen LogP contribution in [0.3, 0.4) is 0 Å². The van der Waals surface area contributed by atoms with E-state index in [1.165, 1.54) is 56.6 Å². The molecule has 100 valence electrons. The number of hydrogen-bond donors (Lipinski definition) is 2. The molecule has 3 N–H and O–H groups in total. The van der Waals surface area contributed by atoms with Gasteiger partial charge in [0.15, 0.2) is 0 Å². The quantitative estimate of drug-likeness (QED) is 0.595. The Kier molecular flexibility index (Phi) is 5.60. The van der Waals surface area contributed by atoms with Crippen molar-refractivity contribution in [1.82, 2.24) is 10.3 Å². The molecule has 1 heterocycles. The molecule has 0 radical (unpaired) electrons. The SMILES string of the molecule is CN1CCSCC1C(CC1CCCCC1)NN. The van der Waals surface area contributed by atoms with E-state index in [9.17, 15) is 0 Å². The summed E-state index contributed by atoms with van der Waals surface area (Å²) in [6.45, 7) is 1.21. The molecule has 0 spiro atoms. The lowest BCUT2D eigenvalue weighted by atomic mass is 9.83. The molecule has 2 rings (SSSR count). The number of nitrogens with one attached hydrogen (secondary N) is 1. The zero-order valence-electron chi connectivity index (χ0n) is 11.0. The Morgan fingerprint density at radius 1 is 1.35 bits per heavy atom. The second-order valence-electron chi connectivity index (χ2n) is 5.64. The van der Waals surface area contributed by atoms with Crippen LogP contribution in [0, 0.1) is 5.92 Å². The summed E-state index contributed by atoms with van der Waals surface area (Å²) < 4.78 is 0. The van der Waals surface area contributed by atoms with Gasteiger partial charge in [0.1, 0.15) is 0 Å².